The molecule has 0 saturated carbocycles. The van der Waals surface area contributed by atoms with Gasteiger partial charge in [0.1, 0.15) is 17.6 Å². The lowest BCUT2D eigenvalue weighted by Gasteiger charge is -2.22. The van der Waals surface area contributed by atoms with Crippen molar-refractivity contribution in [2.75, 3.05) is 10.6 Å². The van der Waals surface area contributed by atoms with E-state index in [0.717, 1.165) is 12.0 Å². The zero-order chi connectivity index (χ0) is 26.7. The Morgan fingerprint density at radius 1 is 1.08 bits per heavy atom. The normalized spacial score (nSPS) is 13.8. The predicted molar refractivity (Wildman–Crippen MR) is 143 cm³/mol. The summed E-state index contributed by atoms with van der Waals surface area (Å²) < 4.78 is 23.0. The molecule has 0 radical (unpaired) electrons. The maximum atomic E-state index is 13.7. The van der Waals surface area contributed by atoms with E-state index in [4.69, 9.17) is 11.6 Å². The minimum atomic E-state index is -1.62. The van der Waals surface area contributed by atoms with Gasteiger partial charge >= 0.3 is 0 Å². The van der Waals surface area contributed by atoms with Gasteiger partial charge in [0, 0.05) is 17.3 Å². The van der Waals surface area contributed by atoms with Crippen LogP contribution in [0.1, 0.15) is 49.2 Å². The number of fused-ring (bicyclic) bond motifs is 1. The Morgan fingerprint density at radius 2 is 1.86 bits per heavy atom. The van der Waals surface area contributed by atoms with Crippen molar-refractivity contribution in [2.24, 2.45) is 0 Å². The average molecular weight is 513 g/mol. The number of rotatable bonds is 8. The van der Waals surface area contributed by atoms with Crippen molar-refractivity contribution in [1.82, 2.24) is 20.4 Å². The van der Waals surface area contributed by atoms with Crippen LogP contribution in [0.25, 0.3) is 10.9 Å². The molecule has 184 valence electrons. The standard InChI is InChI=1S/C28H23ClFN7/c1-2-24(17-6-4-3-5-7-17)35-26-19(14-31)15-32-28-22(26)12-21(13-23(28)29)34-27(25-16-33-37-36-25)18-8-10-20(30)11-9-18/h3-13,15-16,24,27,34H,2H2,1H3,(H,32,35)(H,33,36,37)/t24-,27?/m1/s1/i27D. The van der Waals surface area contributed by atoms with E-state index >= 15 is 0 Å². The SMILES string of the molecule is [2H]C(Nc1cc(Cl)c2ncc(C#N)c(N[C@H](CC)c3ccccc3)c2c1)(c1ccc(F)cc1)c1cn[nH]n1. The molecule has 5 aromatic rings. The number of halogens is 2. The van der Waals surface area contributed by atoms with Crippen molar-refractivity contribution in [3.05, 3.63) is 112 Å². The average Bonchev–Trinajstić information content (AvgIpc) is 3.48. The van der Waals surface area contributed by atoms with Crippen molar-refractivity contribution in [2.45, 2.75) is 25.4 Å². The largest absolute Gasteiger partial charge is 0.377 e. The molecule has 2 aromatic heterocycles. The zero-order valence-corrected chi connectivity index (χ0v) is 20.6. The van der Waals surface area contributed by atoms with Gasteiger partial charge in [-0.1, -0.05) is 61.0 Å². The summed E-state index contributed by atoms with van der Waals surface area (Å²) in [5, 5.41) is 28.1. The van der Waals surface area contributed by atoms with Crippen LogP contribution in [-0.4, -0.2) is 20.4 Å². The number of benzene rings is 3. The molecule has 3 aromatic carbocycles. The van der Waals surface area contributed by atoms with E-state index in [0.29, 0.717) is 38.4 Å². The highest BCUT2D eigenvalue weighted by atomic mass is 35.5. The van der Waals surface area contributed by atoms with Crippen molar-refractivity contribution >= 4 is 33.9 Å². The number of nitrogens with one attached hydrogen (secondary N) is 3. The number of aromatic nitrogens is 4. The lowest BCUT2D eigenvalue weighted by Crippen LogP contribution is -2.14. The summed E-state index contributed by atoms with van der Waals surface area (Å²) in [6.45, 7) is 2.06. The summed E-state index contributed by atoms with van der Waals surface area (Å²) >= 11 is 6.68. The molecule has 37 heavy (non-hydrogen) atoms. The third-order valence-corrected chi connectivity index (χ3v) is 6.34. The van der Waals surface area contributed by atoms with Crippen LogP contribution in [0.2, 0.25) is 5.02 Å². The second-order valence-corrected chi connectivity index (χ2v) is 8.80. The smallest absolute Gasteiger partial charge is 0.123 e. The molecule has 0 aliphatic heterocycles. The van der Waals surface area contributed by atoms with Crippen LogP contribution in [0, 0.1) is 17.1 Å². The highest BCUT2D eigenvalue weighted by Gasteiger charge is 2.20. The Kier molecular flexibility index (Phi) is 6.60. The molecule has 0 aliphatic rings. The number of nitrogens with zero attached hydrogens (tertiary/aromatic N) is 4. The molecule has 0 bridgehead atoms. The zero-order valence-electron chi connectivity index (χ0n) is 20.8. The minimum absolute atomic E-state index is 0.0612. The molecule has 0 saturated heterocycles. The molecule has 1 unspecified atom stereocenters. The van der Waals surface area contributed by atoms with Crippen molar-refractivity contribution < 1.29 is 5.76 Å². The molecule has 0 amide bonds. The topological polar surface area (TPSA) is 102 Å². The second kappa shape index (κ2) is 10.6. The molecule has 0 aliphatic carbocycles. The van der Waals surface area contributed by atoms with Crippen LogP contribution >= 0.6 is 11.6 Å². The number of hydrogen-bond acceptors (Lipinski definition) is 6. The lowest BCUT2D eigenvalue weighted by atomic mass is 10.0. The molecule has 9 heteroatoms. The second-order valence-electron chi connectivity index (χ2n) is 8.39. The third-order valence-electron chi connectivity index (χ3n) is 6.05. The van der Waals surface area contributed by atoms with E-state index in [1.54, 1.807) is 12.1 Å². The number of pyridine rings is 1. The van der Waals surface area contributed by atoms with Gasteiger partial charge in [-0.2, -0.15) is 20.7 Å². The van der Waals surface area contributed by atoms with Crippen molar-refractivity contribution in [3.63, 3.8) is 0 Å². The van der Waals surface area contributed by atoms with Crippen LogP contribution in [0.4, 0.5) is 15.8 Å². The first-order valence-electron chi connectivity index (χ1n) is 12.2. The fraction of sp³-hybridized carbons (Fsp3) is 0.143. The molecule has 5 rings (SSSR count). The number of aromatic amines is 1. The lowest BCUT2D eigenvalue weighted by molar-refractivity contribution is 0.626. The summed E-state index contributed by atoms with van der Waals surface area (Å²) in [4.78, 5) is 4.44. The molecule has 2 atom stereocenters. The van der Waals surface area contributed by atoms with E-state index in [9.17, 15) is 11.0 Å². The number of nitriles is 1. The Balaban J connectivity index is 1.63. The highest BCUT2D eigenvalue weighted by Crippen LogP contribution is 2.37. The van der Waals surface area contributed by atoms with Crippen LogP contribution in [0.5, 0.6) is 0 Å². The maximum absolute atomic E-state index is 13.7. The van der Waals surface area contributed by atoms with Crippen LogP contribution in [0.3, 0.4) is 0 Å². The Morgan fingerprint density at radius 3 is 2.54 bits per heavy atom. The van der Waals surface area contributed by atoms with Crippen LogP contribution in [-0.2, 0) is 0 Å². The Hall–Kier alpha value is -4.48. The van der Waals surface area contributed by atoms with E-state index in [1.165, 1.54) is 36.7 Å². The summed E-state index contributed by atoms with van der Waals surface area (Å²) in [7, 11) is 0. The van der Waals surface area contributed by atoms with Gasteiger partial charge in [-0.25, -0.2) is 4.39 Å². The molecule has 2 heterocycles. The van der Waals surface area contributed by atoms with Gasteiger partial charge in [0.05, 0.1) is 41.4 Å². The summed E-state index contributed by atoms with van der Waals surface area (Å²) in [6.07, 6.45) is 3.71. The van der Waals surface area contributed by atoms with Gasteiger partial charge in [0.2, 0.25) is 0 Å². The fourth-order valence-electron chi connectivity index (χ4n) is 4.22. The van der Waals surface area contributed by atoms with Crippen molar-refractivity contribution in [1.29, 1.82) is 5.26 Å². The molecule has 3 N–H and O–H groups in total. The molecule has 0 fully saturated rings. The predicted octanol–water partition coefficient (Wildman–Crippen LogP) is 6.78. The maximum Gasteiger partial charge on any atom is 0.123 e. The highest BCUT2D eigenvalue weighted by molar-refractivity contribution is 6.35. The van der Waals surface area contributed by atoms with Crippen LogP contribution in [0.15, 0.2) is 79.1 Å². The summed E-state index contributed by atoms with van der Waals surface area (Å²) in [5.74, 6) is -0.417. The number of H-pyrrole nitrogens is 1. The van der Waals surface area contributed by atoms with E-state index in [2.05, 4.69) is 44.0 Å². The molecule has 0 spiro atoms. The van der Waals surface area contributed by atoms with Gasteiger partial charge in [-0.15, -0.1) is 0 Å². The first-order valence-corrected chi connectivity index (χ1v) is 12.0. The first kappa shape index (κ1) is 23.0. The quantitative estimate of drug-likeness (QED) is 0.212. The summed E-state index contributed by atoms with van der Waals surface area (Å²) in [6, 6.07) is 19.6. The van der Waals surface area contributed by atoms with E-state index < -0.39 is 11.8 Å². The Labute approximate surface area is 219 Å². The molecular weight excluding hydrogens is 489 g/mol. The van der Waals surface area contributed by atoms with Gasteiger partial charge < -0.3 is 10.6 Å². The van der Waals surface area contributed by atoms with Crippen molar-refractivity contribution in [3.8, 4) is 6.07 Å². The fourth-order valence-corrected chi connectivity index (χ4v) is 4.49. The third kappa shape index (κ3) is 5.08. The minimum Gasteiger partial charge on any atom is -0.377 e. The molecule has 7 nitrogen and oxygen atoms in total. The van der Waals surface area contributed by atoms with Crippen LogP contribution < -0.4 is 10.6 Å². The number of anilines is 2. The van der Waals surface area contributed by atoms with E-state index in [-0.39, 0.29) is 11.7 Å². The van der Waals surface area contributed by atoms with Gasteiger partial charge in [-0.3, -0.25) is 4.98 Å². The summed E-state index contributed by atoms with van der Waals surface area (Å²) in [5.41, 5.74) is 3.76. The Bertz CT molecular complexity index is 1610. The van der Waals surface area contributed by atoms with Gasteiger partial charge in [0.25, 0.3) is 0 Å². The molecular formula is C28H23ClFN7. The van der Waals surface area contributed by atoms with Gasteiger partial charge in [-0.05, 0) is 41.8 Å². The number of hydrogen-bond donors (Lipinski definition) is 3. The van der Waals surface area contributed by atoms with Gasteiger partial charge in [0.15, 0.2) is 0 Å². The monoisotopic (exact) mass is 512 g/mol. The van der Waals surface area contributed by atoms with E-state index in [1.807, 2.05) is 30.3 Å². The first-order chi connectivity index (χ1) is 18.4.